The van der Waals surface area contributed by atoms with Crippen molar-refractivity contribution in [3.63, 3.8) is 0 Å². The van der Waals surface area contributed by atoms with E-state index in [2.05, 4.69) is 349 Å². The van der Waals surface area contributed by atoms with E-state index in [9.17, 15) is 0 Å². The van der Waals surface area contributed by atoms with Gasteiger partial charge < -0.3 is 0 Å². The summed E-state index contributed by atoms with van der Waals surface area (Å²) in [6.45, 7) is 37.4. The van der Waals surface area contributed by atoms with Crippen molar-refractivity contribution < 1.29 is 0 Å². The molecule has 2 heterocycles. The topological polar surface area (TPSA) is 13.0 Å². The molecular weight excluding hydrogens is 1160 g/mol. The summed E-state index contributed by atoms with van der Waals surface area (Å²) in [5.74, 6) is 2.27. The zero-order valence-electron chi connectivity index (χ0n) is 54.8. The maximum atomic E-state index is 2.71. The quantitative estimate of drug-likeness (QED) is 0.0557. The molecule has 4 nitrogen and oxygen atoms in total. The van der Waals surface area contributed by atoms with Gasteiger partial charge in [-0.2, -0.15) is 0 Å². The van der Waals surface area contributed by atoms with Crippen LogP contribution in [0.25, 0.3) is 18.1 Å². The standard InChI is InChI=1S/2C40H46BN2.Sn/c2*1-28(2)34-21-15-22-35(29(3)4)39(34)42-25-26-43(40-36(30(5)6)23-16-24-37(40)31(7)8)41(42)38(33-19-13-10-14-20-33)27-32-17-11-9-12-18-32;/h2*9-26,28-31H,1-8H3;. The molecule has 10 rings (SSSR count). The summed E-state index contributed by atoms with van der Waals surface area (Å²) in [6, 6.07) is 74.6. The first-order chi connectivity index (χ1) is 41.9. The van der Waals surface area contributed by atoms with E-state index < -0.39 is 21.1 Å². The monoisotopic (exact) mass is 1250 g/mol. The average Bonchev–Trinajstić information content (AvgIpc) is 1.73. The summed E-state index contributed by atoms with van der Waals surface area (Å²) in [6.07, 6.45) is 9.76. The molecule has 0 unspecified atom stereocenters. The molecule has 0 saturated carbocycles. The second-order valence-corrected chi connectivity index (χ2v) is 30.1. The summed E-state index contributed by atoms with van der Waals surface area (Å²) in [7, 11) is 0. The molecule has 0 atom stereocenters. The molecule has 0 aromatic heterocycles. The molecule has 2 aliphatic heterocycles. The van der Waals surface area contributed by atoms with Gasteiger partial charge in [-0.15, -0.1) is 0 Å². The van der Waals surface area contributed by atoms with Gasteiger partial charge in [-0.3, -0.25) is 0 Å². The van der Waals surface area contributed by atoms with Gasteiger partial charge in [0.15, 0.2) is 0 Å². The van der Waals surface area contributed by atoms with E-state index in [1.165, 1.54) is 108 Å². The van der Waals surface area contributed by atoms with E-state index in [1.807, 2.05) is 0 Å². The van der Waals surface area contributed by atoms with Crippen molar-refractivity contribution in [1.29, 1.82) is 0 Å². The molecule has 2 aliphatic rings. The third kappa shape index (κ3) is 12.8. The van der Waals surface area contributed by atoms with E-state index in [0.29, 0.717) is 0 Å². The fourth-order valence-corrected chi connectivity index (χ4v) is 18.3. The second-order valence-electron chi connectivity index (χ2n) is 26.5. The Morgan fingerprint density at radius 2 is 0.425 bits per heavy atom. The van der Waals surface area contributed by atoms with E-state index in [0.717, 1.165) is 0 Å². The minimum absolute atomic E-state index is 0.269. The van der Waals surface area contributed by atoms with Gasteiger partial charge in [-0.1, -0.05) is 0 Å². The van der Waals surface area contributed by atoms with E-state index >= 15 is 0 Å². The molecule has 8 aromatic carbocycles. The molecule has 0 saturated heterocycles. The first-order valence-corrected chi connectivity index (χ1v) is 35.2. The van der Waals surface area contributed by atoms with E-state index in [-0.39, 0.29) is 61.3 Å². The minimum atomic E-state index is -2.12. The normalized spacial score (nSPS) is 14.3. The van der Waals surface area contributed by atoms with E-state index in [1.54, 1.807) is 0 Å². The molecule has 0 spiro atoms. The molecule has 0 amide bonds. The van der Waals surface area contributed by atoms with Crippen molar-refractivity contribution in [2.75, 3.05) is 19.2 Å². The molecular formula is C80H92B2N4Sn. The fraction of sp³-hybridized carbons (Fsp3) is 0.300. The Morgan fingerprint density at radius 1 is 0.241 bits per heavy atom. The molecule has 0 fully saturated rings. The van der Waals surface area contributed by atoms with Gasteiger partial charge in [0.1, 0.15) is 0 Å². The second kappa shape index (κ2) is 27.5. The SMILES string of the molecule is CC(C)c1cccc(C(C)C)c1N1C=CN(c2c(C(C)C)cccc2C(C)C)B1/C(=[C](/[Sn]/[C](=C(\B1N(c2c(C(C)C)cccc2C(C)C)C=CN1c1c(C(C)C)cccc1C(C)C)c1ccccc1)c1ccccc1)c1ccccc1)c1ccccc1. The first kappa shape index (κ1) is 62.9. The average molecular weight is 1250 g/mol. The summed E-state index contributed by atoms with van der Waals surface area (Å²) in [5.41, 5.74) is 23.9. The van der Waals surface area contributed by atoms with Crippen molar-refractivity contribution in [1.82, 2.24) is 0 Å². The Labute approximate surface area is 535 Å². The molecule has 0 N–H and O–H groups in total. The first-order valence-electron chi connectivity index (χ1n) is 32.4. The molecule has 0 aliphatic carbocycles. The molecule has 7 heteroatoms. The van der Waals surface area contributed by atoms with Crippen LogP contribution in [0.5, 0.6) is 0 Å². The van der Waals surface area contributed by atoms with Gasteiger partial charge in [0, 0.05) is 0 Å². The summed E-state index contributed by atoms with van der Waals surface area (Å²) in [5, 5.41) is 0. The number of anilines is 4. The maximum absolute atomic E-state index is 2.71. The van der Waals surface area contributed by atoms with Crippen LogP contribution in [0.4, 0.5) is 22.7 Å². The number of benzene rings is 8. The van der Waals surface area contributed by atoms with Crippen LogP contribution in [0.15, 0.2) is 219 Å². The van der Waals surface area contributed by atoms with Gasteiger partial charge >= 0.3 is 539 Å². The molecule has 2 radical (unpaired) electrons. The predicted octanol–water partition coefficient (Wildman–Crippen LogP) is 21.9. The van der Waals surface area contributed by atoms with Gasteiger partial charge in [-0.25, -0.2) is 0 Å². The van der Waals surface area contributed by atoms with Crippen LogP contribution >= 0.6 is 0 Å². The third-order valence-electron chi connectivity index (χ3n) is 17.8. The Kier molecular flexibility index (Phi) is 19.9. The van der Waals surface area contributed by atoms with Crippen LogP contribution in [0.2, 0.25) is 0 Å². The van der Waals surface area contributed by atoms with E-state index in [4.69, 9.17) is 0 Å². The molecule has 442 valence electrons. The number of hydrogen-bond acceptors (Lipinski definition) is 4. The molecule has 8 aromatic rings. The zero-order chi connectivity index (χ0) is 61.8. The van der Waals surface area contributed by atoms with Gasteiger partial charge in [0.2, 0.25) is 0 Å². The summed E-state index contributed by atoms with van der Waals surface area (Å²) in [4.78, 5) is 10.8. The number of para-hydroxylation sites is 4. The summed E-state index contributed by atoms with van der Waals surface area (Å²) >= 11 is -2.12. The zero-order valence-corrected chi connectivity index (χ0v) is 57.7. The predicted molar refractivity (Wildman–Crippen MR) is 383 cm³/mol. The number of hydrogen-bond donors (Lipinski definition) is 0. The van der Waals surface area contributed by atoms with Crippen LogP contribution in [0.3, 0.4) is 0 Å². The number of rotatable bonds is 20. The fourth-order valence-electron chi connectivity index (χ4n) is 13.5. The van der Waals surface area contributed by atoms with Crippen LogP contribution in [-0.4, -0.2) is 35.1 Å². The molecule has 0 bridgehead atoms. The third-order valence-corrected chi connectivity index (χ3v) is 22.4. The molecule has 87 heavy (non-hydrogen) atoms. The Bertz CT molecular complexity index is 3280. The van der Waals surface area contributed by atoms with Crippen LogP contribution in [0.1, 0.15) is 225 Å². The summed E-state index contributed by atoms with van der Waals surface area (Å²) < 4.78 is 2.89. The van der Waals surface area contributed by atoms with Crippen molar-refractivity contribution in [3.8, 4) is 0 Å². The van der Waals surface area contributed by atoms with Crippen molar-refractivity contribution >= 4 is 76.0 Å². The van der Waals surface area contributed by atoms with Crippen LogP contribution in [0, 0.1) is 0 Å². The Balaban J connectivity index is 1.41. The van der Waals surface area contributed by atoms with Crippen LogP contribution in [-0.2, 0) is 0 Å². The van der Waals surface area contributed by atoms with Gasteiger partial charge in [0.05, 0.1) is 0 Å². The van der Waals surface area contributed by atoms with Crippen LogP contribution < -0.4 is 19.2 Å². The Hall–Kier alpha value is -7.15. The van der Waals surface area contributed by atoms with Crippen molar-refractivity contribution in [3.05, 3.63) is 286 Å². The van der Waals surface area contributed by atoms with Crippen molar-refractivity contribution in [2.45, 2.75) is 158 Å². The number of nitrogens with zero attached hydrogens (tertiary/aromatic N) is 4. The Morgan fingerprint density at radius 3 is 0.609 bits per heavy atom. The van der Waals surface area contributed by atoms with Gasteiger partial charge in [-0.05, 0) is 0 Å². The van der Waals surface area contributed by atoms with Gasteiger partial charge in [0.25, 0.3) is 0 Å². The van der Waals surface area contributed by atoms with Crippen molar-refractivity contribution in [2.24, 2.45) is 0 Å².